The molecule has 1 aliphatic rings. The molecule has 0 saturated heterocycles. The smallest absolute Gasteiger partial charge is 0.137 e. The summed E-state index contributed by atoms with van der Waals surface area (Å²) in [6, 6.07) is 0.252. The fraction of sp³-hybridized carbons (Fsp3) is 0.500. The van der Waals surface area contributed by atoms with Crippen molar-refractivity contribution in [2.75, 3.05) is 20.2 Å². The molecule has 0 aliphatic carbocycles. The van der Waals surface area contributed by atoms with E-state index in [0.717, 1.165) is 12.3 Å². The van der Waals surface area contributed by atoms with Crippen LogP contribution < -0.4 is 5.32 Å². The van der Waals surface area contributed by atoms with E-state index in [1.54, 1.807) is 6.21 Å². The Kier molecular flexibility index (Phi) is 4.26. The van der Waals surface area contributed by atoms with Crippen molar-refractivity contribution in [2.24, 2.45) is 4.99 Å². The lowest BCUT2D eigenvalue weighted by Crippen LogP contribution is -2.14. The number of hydrogen-bond donors (Lipinski definition) is 1. The Morgan fingerprint density at radius 3 is 3.23 bits per heavy atom. The minimum absolute atomic E-state index is 0.252. The van der Waals surface area contributed by atoms with Crippen molar-refractivity contribution in [1.29, 1.82) is 0 Å². The Hall–Kier alpha value is -1.09. The Balaban J connectivity index is 2.37. The van der Waals surface area contributed by atoms with E-state index in [1.807, 2.05) is 32.2 Å². The molecule has 0 aromatic carbocycles. The van der Waals surface area contributed by atoms with Gasteiger partial charge in [-0.3, -0.25) is 4.99 Å². The third-order valence-corrected chi connectivity index (χ3v) is 1.71. The molecule has 0 saturated carbocycles. The first-order chi connectivity index (χ1) is 6.33. The summed E-state index contributed by atoms with van der Waals surface area (Å²) >= 11 is 0. The Bertz CT molecular complexity index is 231. The van der Waals surface area contributed by atoms with Crippen LogP contribution in [0.1, 0.15) is 6.92 Å². The summed E-state index contributed by atoms with van der Waals surface area (Å²) in [6.45, 7) is 3.57. The fourth-order valence-corrected chi connectivity index (χ4v) is 0.951. The first-order valence-electron chi connectivity index (χ1n) is 4.52. The Morgan fingerprint density at radius 1 is 1.62 bits per heavy atom. The standard InChI is InChI=1S/C10H16N2O/c1-9-4-3-5-10(8-12-9)13-7-6-11-2/h3-5,8-9,11H,6-7H2,1-2H3. The molecule has 1 N–H and O–H groups in total. The number of rotatable bonds is 4. The number of likely N-dealkylation sites (N-methyl/N-ethyl adjacent to an activating group) is 1. The topological polar surface area (TPSA) is 33.6 Å². The van der Waals surface area contributed by atoms with E-state index in [9.17, 15) is 0 Å². The molecule has 0 spiro atoms. The minimum Gasteiger partial charge on any atom is -0.491 e. The van der Waals surface area contributed by atoms with Gasteiger partial charge in [-0.1, -0.05) is 12.2 Å². The van der Waals surface area contributed by atoms with Crippen LogP contribution in [0, 0.1) is 0 Å². The number of nitrogens with zero attached hydrogens (tertiary/aromatic N) is 1. The molecule has 0 fully saturated rings. The number of ether oxygens (including phenoxy) is 1. The highest BCUT2D eigenvalue weighted by Gasteiger charge is 1.98. The van der Waals surface area contributed by atoms with Gasteiger partial charge in [-0.25, -0.2) is 0 Å². The van der Waals surface area contributed by atoms with Crippen molar-refractivity contribution in [1.82, 2.24) is 5.32 Å². The van der Waals surface area contributed by atoms with Crippen LogP contribution in [0.4, 0.5) is 0 Å². The van der Waals surface area contributed by atoms with Crippen molar-refractivity contribution in [3.63, 3.8) is 0 Å². The number of aliphatic imine (C=N–C) groups is 1. The molecule has 0 amide bonds. The lowest BCUT2D eigenvalue weighted by molar-refractivity contribution is 0.235. The maximum absolute atomic E-state index is 5.45. The average molecular weight is 180 g/mol. The first kappa shape index (κ1) is 9.99. The van der Waals surface area contributed by atoms with Gasteiger partial charge >= 0.3 is 0 Å². The molecule has 13 heavy (non-hydrogen) atoms. The van der Waals surface area contributed by atoms with Crippen molar-refractivity contribution < 1.29 is 4.74 Å². The molecule has 0 aromatic rings. The molecule has 0 bridgehead atoms. The summed E-state index contributed by atoms with van der Waals surface area (Å²) in [7, 11) is 1.90. The zero-order valence-corrected chi connectivity index (χ0v) is 8.16. The lowest BCUT2D eigenvalue weighted by atomic mass is 10.3. The molecular weight excluding hydrogens is 164 g/mol. The summed E-state index contributed by atoms with van der Waals surface area (Å²) < 4.78 is 5.45. The molecule has 0 aromatic heterocycles. The van der Waals surface area contributed by atoms with Crippen LogP contribution >= 0.6 is 0 Å². The van der Waals surface area contributed by atoms with E-state index < -0.39 is 0 Å². The van der Waals surface area contributed by atoms with Gasteiger partial charge in [-0.15, -0.1) is 0 Å². The highest BCUT2D eigenvalue weighted by Crippen LogP contribution is 2.02. The monoisotopic (exact) mass is 180 g/mol. The van der Waals surface area contributed by atoms with E-state index >= 15 is 0 Å². The van der Waals surface area contributed by atoms with Gasteiger partial charge in [-0.05, 0) is 20.0 Å². The molecule has 72 valence electrons. The van der Waals surface area contributed by atoms with Gasteiger partial charge < -0.3 is 10.1 Å². The highest BCUT2D eigenvalue weighted by atomic mass is 16.5. The van der Waals surface area contributed by atoms with Gasteiger partial charge in [0.15, 0.2) is 0 Å². The van der Waals surface area contributed by atoms with Gasteiger partial charge in [0.25, 0.3) is 0 Å². The summed E-state index contributed by atoms with van der Waals surface area (Å²) in [5, 5.41) is 3.02. The van der Waals surface area contributed by atoms with Gasteiger partial charge in [0.2, 0.25) is 0 Å². The molecule has 1 atom stereocenters. The predicted molar refractivity (Wildman–Crippen MR) is 55.1 cm³/mol. The van der Waals surface area contributed by atoms with E-state index in [0.29, 0.717) is 6.61 Å². The van der Waals surface area contributed by atoms with Crippen molar-refractivity contribution in [3.8, 4) is 0 Å². The van der Waals surface area contributed by atoms with E-state index in [-0.39, 0.29) is 6.04 Å². The van der Waals surface area contributed by atoms with E-state index in [2.05, 4.69) is 10.3 Å². The minimum atomic E-state index is 0.252. The fourth-order valence-electron chi connectivity index (χ4n) is 0.951. The normalized spacial score (nSPS) is 21.1. The maximum Gasteiger partial charge on any atom is 0.137 e. The van der Waals surface area contributed by atoms with Crippen LogP contribution in [0.15, 0.2) is 29.0 Å². The van der Waals surface area contributed by atoms with Gasteiger partial charge in [0.05, 0.1) is 12.3 Å². The predicted octanol–water partition coefficient (Wildman–Crippen LogP) is 1.14. The summed E-state index contributed by atoms with van der Waals surface area (Å²) in [5.74, 6) is 0.829. The molecule has 0 radical (unpaired) electrons. The van der Waals surface area contributed by atoms with E-state index in [1.165, 1.54) is 0 Å². The van der Waals surface area contributed by atoms with Crippen LogP contribution in [-0.4, -0.2) is 32.5 Å². The average Bonchev–Trinajstić information content (AvgIpc) is 2.32. The lowest BCUT2D eigenvalue weighted by Gasteiger charge is -2.04. The third-order valence-electron chi connectivity index (χ3n) is 1.71. The van der Waals surface area contributed by atoms with Crippen molar-refractivity contribution >= 4 is 6.21 Å². The second kappa shape index (κ2) is 5.54. The quantitative estimate of drug-likeness (QED) is 0.658. The molecule has 1 rings (SSSR count). The molecule has 1 unspecified atom stereocenters. The Morgan fingerprint density at radius 2 is 2.46 bits per heavy atom. The Labute approximate surface area is 79.2 Å². The SMILES string of the molecule is CNCCOC1=CC=CC(C)N=C1. The van der Waals surface area contributed by atoms with Crippen molar-refractivity contribution in [2.45, 2.75) is 13.0 Å². The highest BCUT2D eigenvalue weighted by molar-refractivity contribution is 5.77. The van der Waals surface area contributed by atoms with Crippen molar-refractivity contribution in [3.05, 3.63) is 24.0 Å². The zero-order chi connectivity index (χ0) is 9.52. The largest absolute Gasteiger partial charge is 0.491 e. The third kappa shape index (κ3) is 3.90. The van der Waals surface area contributed by atoms with Gasteiger partial charge in [-0.2, -0.15) is 0 Å². The summed E-state index contributed by atoms with van der Waals surface area (Å²) in [6.07, 6.45) is 7.72. The zero-order valence-electron chi connectivity index (χ0n) is 8.16. The van der Waals surface area contributed by atoms with E-state index in [4.69, 9.17) is 4.74 Å². The number of hydrogen-bond acceptors (Lipinski definition) is 3. The number of nitrogens with one attached hydrogen (secondary N) is 1. The molecule has 3 nitrogen and oxygen atoms in total. The number of allylic oxidation sites excluding steroid dienone is 3. The second-order valence-electron chi connectivity index (χ2n) is 2.92. The van der Waals surface area contributed by atoms with Gasteiger partial charge in [0, 0.05) is 6.54 Å². The molecular formula is C10H16N2O. The van der Waals surface area contributed by atoms with Crippen LogP contribution in [-0.2, 0) is 4.74 Å². The molecule has 1 heterocycles. The van der Waals surface area contributed by atoms with Crippen LogP contribution in [0.25, 0.3) is 0 Å². The summed E-state index contributed by atoms with van der Waals surface area (Å²) in [4.78, 5) is 4.26. The summed E-state index contributed by atoms with van der Waals surface area (Å²) in [5.41, 5.74) is 0. The van der Waals surface area contributed by atoms with Crippen LogP contribution in [0.2, 0.25) is 0 Å². The maximum atomic E-state index is 5.45. The second-order valence-corrected chi connectivity index (χ2v) is 2.92. The first-order valence-corrected chi connectivity index (χ1v) is 4.52. The van der Waals surface area contributed by atoms with Crippen LogP contribution in [0.5, 0.6) is 0 Å². The van der Waals surface area contributed by atoms with Gasteiger partial charge in [0.1, 0.15) is 12.4 Å². The molecule has 3 heteroatoms. The van der Waals surface area contributed by atoms with Crippen LogP contribution in [0.3, 0.4) is 0 Å². The molecule has 1 aliphatic heterocycles.